The average Bonchev–Trinajstić information content (AvgIpc) is 2.33. The zero-order valence-corrected chi connectivity index (χ0v) is 12.6. The summed E-state index contributed by atoms with van der Waals surface area (Å²) in [4.78, 5) is 23.9. The molecule has 0 bridgehead atoms. The lowest BCUT2D eigenvalue weighted by Crippen LogP contribution is -2.31. The third-order valence-electron chi connectivity index (χ3n) is 2.88. The highest BCUT2D eigenvalue weighted by Gasteiger charge is 2.31. The van der Waals surface area contributed by atoms with E-state index in [4.69, 9.17) is 23.2 Å². The number of benzene rings is 1. The minimum Gasteiger partial charge on any atom is -0.468 e. The van der Waals surface area contributed by atoms with Gasteiger partial charge in [-0.1, -0.05) is 43.1 Å². The molecule has 104 valence electrons. The summed E-state index contributed by atoms with van der Waals surface area (Å²) >= 11 is 12.0. The van der Waals surface area contributed by atoms with Gasteiger partial charge in [0.25, 0.3) is 0 Å². The van der Waals surface area contributed by atoms with Gasteiger partial charge in [0.05, 0.1) is 7.11 Å². The smallest absolute Gasteiger partial charge is 0.316 e. The molecular formula is C14H16Cl2O3. The van der Waals surface area contributed by atoms with E-state index in [0.29, 0.717) is 15.6 Å². The normalized spacial score (nSPS) is 12.3. The van der Waals surface area contributed by atoms with Crippen molar-refractivity contribution in [2.45, 2.75) is 20.3 Å². The predicted octanol–water partition coefficient (Wildman–Crippen LogP) is 3.55. The van der Waals surface area contributed by atoms with E-state index < -0.39 is 11.9 Å². The number of hydrogen-bond donors (Lipinski definition) is 0. The largest absolute Gasteiger partial charge is 0.468 e. The van der Waals surface area contributed by atoms with Crippen LogP contribution in [0.1, 0.15) is 19.4 Å². The zero-order chi connectivity index (χ0) is 14.6. The lowest BCUT2D eigenvalue weighted by atomic mass is 9.88. The Morgan fingerprint density at radius 3 is 2.16 bits per heavy atom. The third kappa shape index (κ3) is 3.95. The summed E-state index contributed by atoms with van der Waals surface area (Å²) in [7, 11) is 1.27. The van der Waals surface area contributed by atoms with Gasteiger partial charge < -0.3 is 4.74 Å². The molecule has 1 aromatic carbocycles. The number of hydrogen-bond acceptors (Lipinski definition) is 3. The third-order valence-corrected chi connectivity index (χ3v) is 3.59. The number of carbonyl (C=O) groups excluding carboxylic acids is 2. The summed E-state index contributed by atoms with van der Waals surface area (Å²) < 4.78 is 4.67. The molecule has 0 radical (unpaired) electrons. The molecule has 0 aliphatic rings. The monoisotopic (exact) mass is 302 g/mol. The number of Topliss-reactive ketones (excluding diaryl/α,β-unsaturated/α-hetero) is 1. The second-order valence-corrected chi connectivity index (χ2v) is 5.40. The van der Waals surface area contributed by atoms with Crippen molar-refractivity contribution in [1.82, 2.24) is 0 Å². The van der Waals surface area contributed by atoms with Crippen LogP contribution < -0.4 is 0 Å². The summed E-state index contributed by atoms with van der Waals surface area (Å²) in [6.45, 7) is 3.60. The number of ketones is 1. The summed E-state index contributed by atoms with van der Waals surface area (Å²) in [5, 5.41) is 0.849. The Morgan fingerprint density at radius 2 is 1.74 bits per heavy atom. The highest BCUT2D eigenvalue weighted by molar-refractivity contribution is 6.36. The van der Waals surface area contributed by atoms with E-state index in [1.54, 1.807) is 32.0 Å². The molecule has 0 aliphatic heterocycles. The SMILES string of the molecule is COC(=O)C(C(=O)Cc1c(Cl)cccc1Cl)C(C)C. The molecule has 0 heterocycles. The molecule has 1 unspecified atom stereocenters. The van der Waals surface area contributed by atoms with Gasteiger partial charge in [-0.15, -0.1) is 0 Å². The maximum absolute atomic E-state index is 12.2. The quantitative estimate of drug-likeness (QED) is 0.617. The van der Waals surface area contributed by atoms with Crippen molar-refractivity contribution >= 4 is 35.0 Å². The van der Waals surface area contributed by atoms with Crippen LogP contribution >= 0.6 is 23.2 Å². The van der Waals surface area contributed by atoms with Crippen LogP contribution in [0.15, 0.2) is 18.2 Å². The summed E-state index contributed by atoms with van der Waals surface area (Å²) in [6.07, 6.45) is 0.0243. The van der Waals surface area contributed by atoms with E-state index in [2.05, 4.69) is 4.74 Å². The fourth-order valence-corrected chi connectivity index (χ4v) is 2.42. The van der Waals surface area contributed by atoms with E-state index in [0.717, 1.165) is 0 Å². The van der Waals surface area contributed by atoms with Crippen LogP contribution in [0.3, 0.4) is 0 Å². The molecule has 0 aliphatic carbocycles. The van der Waals surface area contributed by atoms with Gasteiger partial charge in [-0.25, -0.2) is 0 Å². The van der Waals surface area contributed by atoms with Gasteiger partial charge in [0.2, 0.25) is 0 Å². The minimum absolute atomic E-state index is 0.0243. The van der Waals surface area contributed by atoms with Gasteiger partial charge in [0.1, 0.15) is 5.92 Å². The molecule has 0 fully saturated rings. The Labute approximate surface area is 122 Å². The highest BCUT2D eigenvalue weighted by atomic mass is 35.5. The maximum Gasteiger partial charge on any atom is 0.316 e. The first kappa shape index (κ1) is 16.0. The first-order chi connectivity index (χ1) is 8.88. The van der Waals surface area contributed by atoms with Crippen LogP contribution in [0.25, 0.3) is 0 Å². The van der Waals surface area contributed by atoms with Gasteiger partial charge in [-0.2, -0.15) is 0 Å². The fraction of sp³-hybridized carbons (Fsp3) is 0.429. The van der Waals surface area contributed by atoms with Crippen molar-refractivity contribution in [3.05, 3.63) is 33.8 Å². The number of esters is 1. The summed E-state index contributed by atoms with van der Waals surface area (Å²) in [5.41, 5.74) is 0.547. The van der Waals surface area contributed by atoms with Crippen molar-refractivity contribution in [3.8, 4) is 0 Å². The van der Waals surface area contributed by atoms with Crippen LogP contribution in [0.5, 0.6) is 0 Å². The average molecular weight is 303 g/mol. The van der Waals surface area contributed by atoms with Crippen molar-refractivity contribution in [3.63, 3.8) is 0 Å². The topological polar surface area (TPSA) is 43.4 Å². The Hall–Kier alpha value is -1.06. The van der Waals surface area contributed by atoms with Gasteiger partial charge >= 0.3 is 5.97 Å². The Bertz CT molecular complexity index is 463. The van der Waals surface area contributed by atoms with Crippen LogP contribution in [-0.4, -0.2) is 18.9 Å². The van der Waals surface area contributed by atoms with Crippen LogP contribution in [-0.2, 0) is 20.7 Å². The van der Waals surface area contributed by atoms with Gasteiger partial charge in [-0.3, -0.25) is 9.59 Å². The molecule has 0 aromatic heterocycles. The van der Waals surface area contributed by atoms with E-state index >= 15 is 0 Å². The molecule has 1 aromatic rings. The van der Waals surface area contributed by atoms with Gasteiger partial charge in [0.15, 0.2) is 5.78 Å². The summed E-state index contributed by atoms with van der Waals surface area (Å²) in [6, 6.07) is 5.04. The van der Waals surface area contributed by atoms with Crippen LogP contribution in [0.4, 0.5) is 0 Å². The Kier molecular flexibility index (Phi) is 5.83. The molecule has 0 amide bonds. The first-order valence-corrected chi connectivity index (χ1v) is 6.67. The molecule has 1 rings (SSSR count). The van der Waals surface area contributed by atoms with Crippen LogP contribution in [0, 0.1) is 11.8 Å². The van der Waals surface area contributed by atoms with Gasteiger partial charge in [0, 0.05) is 16.5 Å². The van der Waals surface area contributed by atoms with Crippen LogP contribution in [0.2, 0.25) is 10.0 Å². The molecule has 3 nitrogen and oxygen atoms in total. The standard InChI is InChI=1S/C14H16Cl2O3/c1-8(2)13(14(18)19-3)12(17)7-9-10(15)5-4-6-11(9)16/h4-6,8,13H,7H2,1-3H3. The molecule has 0 saturated carbocycles. The lowest BCUT2D eigenvalue weighted by Gasteiger charge is -2.17. The number of rotatable bonds is 5. The molecule has 5 heteroatoms. The number of methoxy groups -OCH3 is 1. The van der Waals surface area contributed by atoms with Crippen molar-refractivity contribution < 1.29 is 14.3 Å². The molecule has 19 heavy (non-hydrogen) atoms. The van der Waals surface area contributed by atoms with Crippen molar-refractivity contribution in [2.24, 2.45) is 11.8 Å². The molecule has 0 saturated heterocycles. The van der Waals surface area contributed by atoms with E-state index in [1.165, 1.54) is 7.11 Å². The fourth-order valence-electron chi connectivity index (χ4n) is 1.89. The minimum atomic E-state index is -0.794. The highest BCUT2D eigenvalue weighted by Crippen LogP contribution is 2.27. The van der Waals surface area contributed by atoms with E-state index in [1.807, 2.05) is 0 Å². The molecule has 0 spiro atoms. The molecule has 1 atom stereocenters. The second kappa shape index (κ2) is 6.92. The summed E-state index contributed by atoms with van der Waals surface area (Å²) in [5.74, 6) is -1.70. The lowest BCUT2D eigenvalue weighted by molar-refractivity contribution is -0.151. The molecule has 0 N–H and O–H groups in total. The Morgan fingerprint density at radius 1 is 1.21 bits per heavy atom. The van der Waals surface area contributed by atoms with Gasteiger partial charge in [-0.05, 0) is 23.6 Å². The zero-order valence-electron chi connectivity index (χ0n) is 11.1. The number of carbonyl (C=O) groups is 2. The second-order valence-electron chi connectivity index (χ2n) is 4.59. The van der Waals surface area contributed by atoms with E-state index in [-0.39, 0.29) is 18.1 Å². The van der Waals surface area contributed by atoms with E-state index in [9.17, 15) is 9.59 Å². The van der Waals surface area contributed by atoms with Crippen molar-refractivity contribution in [2.75, 3.05) is 7.11 Å². The Balaban J connectivity index is 2.97. The predicted molar refractivity (Wildman–Crippen MR) is 75.5 cm³/mol. The first-order valence-electron chi connectivity index (χ1n) is 5.92. The number of ether oxygens (including phenoxy) is 1. The molecular weight excluding hydrogens is 287 g/mol. The van der Waals surface area contributed by atoms with Crippen molar-refractivity contribution in [1.29, 1.82) is 0 Å². The number of halogens is 2. The maximum atomic E-state index is 12.2.